The highest BCUT2D eigenvalue weighted by molar-refractivity contribution is 9.10. The lowest BCUT2D eigenvalue weighted by atomic mass is 10.3. The average molecular weight is 292 g/mol. The molecule has 0 aromatic carbocycles. The van der Waals surface area contributed by atoms with E-state index in [0.717, 1.165) is 6.20 Å². The van der Waals surface area contributed by atoms with Gasteiger partial charge in [0.15, 0.2) is 5.75 Å². The Kier molecular flexibility index (Phi) is 3.48. The van der Waals surface area contributed by atoms with E-state index in [-0.39, 0.29) is 0 Å². The van der Waals surface area contributed by atoms with Gasteiger partial charge in [0.1, 0.15) is 0 Å². The molecule has 1 rings (SSSR count). The predicted octanol–water partition coefficient (Wildman–Crippen LogP) is 3.68. The monoisotopic (exact) mass is 291 g/mol. The fraction of sp³-hybridized carbons (Fsp3) is 0.286. The summed E-state index contributed by atoms with van der Waals surface area (Å²) in [5.74, 6) is -0.791. The van der Waals surface area contributed by atoms with Gasteiger partial charge < -0.3 is 4.74 Å². The van der Waals surface area contributed by atoms with E-state index in [2.05, 4.69) is 25.7 Å². The van der Waals surface area contributed by atoms with E-state index in [9.17, 15) is 22.0 Å². The van der Waals surface area contributed by atoms with Crippen molar-refractivity contribution < 1.29 is 26.7 Å². The summed E-state index contributed by atoms with van der Waals surface area (Å²) in [5, 5.41) is 0. The van der Waals surface area contributed by atoms with E-state index < -0.39 is 28.6 Å². The van der Waals surface area contributed by atoms with Crippen LogP contribution in [0.15, 0.2) is 16.9 Å². The molecule has 1 aromatic rings. The molecule has 0 fully saturated rings. The zero-order valence-corrected chi connectivity index (χ0v) is 8.44. The van der Waals surface area contributed by atoms with Crippen LogP contribution in [-0.2, 0) is 0 Å². The second-order valence-corrected chi connectivity index (χ2v) is 3.18. The average Bonchev–Trinajstić information content (AvgIpc) is 2.05. The van der Waals surface area contributed by atoms with Gasteiger partial charge in [-0.3, -0.25) is 4.98 Å². The van der Waals surface area contributed by atoms with Crippen LogP contribution in [0.2, 0.25) is 0 Å². The Bertz CT molecular complexity index is 354. The van der Waals surface area contributed by atoms with Crippen LogP contribution in [0.5, 0.6) is 5.75 Å². The zero-order valence-electron chi connectivity index (χ0n) is 6.86. The maximum absolute atomic E-state index is 12.2. The SMILES string of the molecule is FC(F)c1cncc(OC(F)(F)F)c1Br. The summed E-state index contributed by atoms with van der Waals surface area (Å²) in [6.07, 6.45) is -6.41. The maximum Gasteiger partial charge on any atom is 0.573 e. The van der Waals surface area contributed by atoms with E-state index in [1.54, 1.807) is 0 Å². The van der Waals surface area contributed by atoms with Crippen molar-refractivity contribution in [3.63, 3.8) is 0 Å². The summed E-state index contributed by atoms with van der Waals surface area (Å²) in [6, 6.07) is 0. The van der Waals surface area contributed by atoms with Crippen LogP contribution in [0.25, 0.3) is 0 Å². The summed E-state index contributed by atoms with van der Waals surface area (Å²) < 4.78 is 62.9. The first-order valence-corrected chi connectivity index (χ1v) is 4.28. The van der Waals surface area contributed by atoms with Gasteiger partial charge in [-0.2, -0.15) is 0 Å². The number of ether oxygens (including phenoxy) is 1. The number of nitrogens with zero attached hydrogens (tertiary/aromatic N) is 1. The second-order valence-electron chi connectivity index (χ2n) is 2.39. The molecular weight excluding hydrogens is 289 g/mol. The lowest BCUT2D eigenvalue weighted by Gasteiger charge is -2.11. The standard InChI is InChI=1S/C7H3BrF5NO/c8-5-3(6(9)10)1-14-2-4(5)15-7(11,12)13/h1-2,6H. The van der Waals surface area contributed by atoms with Crippen molar-refractivity contribution in [2.45, 2.75) is 12.8 Å². The summed E-state index contributed by atoms with van der Waals surface area (Å²) in [7, 11) is 0. The van der Waals surface area contributed by atoms with Gasteiger partial charge in [-0.15, -0.1) is 13.2 Å². The van der Waals surface area contributed by atoms with Crippen molar-refractivity contribution in [1.29, 1.82) is 0 Å². The van der Waals surface area contributed by atoms with E-state index in [4.69, 9.17) is 0 Å². The van der Waals surface area contributed by atoms with Crippen LogP contribution in [0.4, 0.5) is 22.0 Å². The summed E-state index contributed by atoms with van der Waals surface area (Å²) in [5.41, 5.74) is -0.656. The molecule has 0 aliphatic rings. The lowest BCUT2D eigenvalue weighted by Crippen LogP contribution is -2.17. The third-order valence-corrected chi connectivity index (χ3v) is 2.18. The topological polar surface area (TPSA) is 22.1 Å². The quantitative estimate of drug-likeness (QED) is 0.776. The minimum Gasteiger partial charge on any atom is -0.403 e. The second kappa shape index (κ2) is 4.30. The van der Waals surface area contributed by atoms with Crippen LogP contribution < -0.4 is 4.74 Å². The van der Waals surface area contributed by atoms with Crippen LogP contribution in [0, 0.1) is 0 Å². The van der Waals surface area contributed by atoms with Gasteiger partial charge in [0.05, 0.1) is 16.2 Å². The molecule has 0 unspecified atom stereocenters. The molecule has 1 heterocycles. The third-order valence-electron chi connectivity index (χ3n) is 1.34. The smallest absolute Gasteiger partial charge is 0.403 e. The fourth-order valence-corrected chi connectivity index (χ4v) is 1.25. The highest BCUT2D eigenvalue weighted by atomic mass is 79.9. The predicted molar refractivity (Wildman–Crippen MR) is 43.6 cm³/mol. The highest BCUT2D eigenvalue weighted by Crippen LogP contribution is 2.35. The Morgan fingerprint density at radius 2 is 1.87 bits per heavy atom. The van der Waals surface area contributed by atoms with Crippen molar-refractivity contribution in [3.05, 3.63) is 22.4 Å². The number of hydrogen-bond donors (Lipinski definition) is 0. The van der Waals surface area contributed by atoms with Gasteiger partial charge in [0.2, 0.25) is 0 Å². The molecule has 0 saturated heterocycles. The molecule has 15 heavy (non-hydrogen) atoms. The fourth-order valence-electron chi connectivity index (χ4n) is 0.789. The van der Waals surface area contributed by atoms with Gasteiger partial charge >= 0.3 is 6.36 Å². The van der Waals surface area contributed by atoms with Crippen LogP contribution >= 0.6 is 15.9 Å². The van der Waals surface area contributed by atoms with Gasteiger partial charge in [-0.05, 0) is 15.9 Å². The first kappa shape index (κ1) is 12.2. The molecule has 0 amide bonds. The van der Waals surface area contributed by atoms with Crippen molar-refractivity contribution in [1.82, 2.24) is 4.98 Å². The van der Waals surface area contributed by atoms with Crippen molar-refractivity contribution >= 4 is 15.9 Å². The molecule has 0 spiro atoms. The molecule has 0 aliphatic heterocycles. The molecule has 0 atom stereocenters. The van der Waals surface area contributed by atoms with E-state index in [1.165, 1.54) is 0 Å². The first-order valence-electron chi connectivity index (χ1n) is 3.48. The van der Waals surface area contributed by atoms with E-state index >= 15 is 0 Å². The molecule has 84 valence electrons. The minimum atomic E-state index is -4.94. The van der Waals surface area contributed by atoms with Crippen LogP contribution in [0.3, 0.4) is 0 Å². The number of aromatic nitrogens is 1. The lowest BCUT2D eigenvalue weighted by molar-refractivity contribution is -0.275. The molecule has 0 radical (unpaired) electrons. The Morgan fingerprint density at radius 1 is 1.27 bits per heavy atom. The highest BCUT2D eigenvalue weighted by Gasteiger charge is 2.33. The summed E-state index contributed by atoms with van der Waals surface area (Å²) in [6.45, 7) is 0. The molecule has 2 nitrogen and oxygen atoms in total. The Morgan fingerprint density at radius 3 is 2.33 bits per heavy atom. The Hall–Kier alpha value is -0.920. The van der Waals surface area contributed by atoms with Crippen LogP contribution in [0.1, 0.15) is 12.0 Å². The Balaban J connectivity index is 3.05. The van der Waals surface area contributed by atoms with Gasteiger partial charge in [0.25, 0.3) is 6.43 Å². The first-order chi connectivity index (χ1) is 6.81. The van der Waals surface area contributed by atoms with Crippen molar-refractivity contribution in [2.75, 3.05) is 0 Å². The maximum atomic E-state index is 12.2. The number of rotatable bonds is 2. The molecule has 0 bridgehead atoms. The van der Waals surface area contributed by atoms with Crippen LogP contribution in [-0.4, -0.2) is 11.3 Å². The van der Waals surface area contributed by atoms with E-state index in [1.807, 2.05) is 0 Å². The number of halogens is 6. The Labute approximate surface area is 89.2 Å². The molecule has 0 aliphatic carbocycles. The minimum absolute atomic E-state index is 0.454. The van der Waals surface area contributed by atoms with E-state index in [0.29, 0.717) is 6.20 Å². The number of hydrogen-bond acceptors (Lipinski definition) is 2. The summed E-state index contributed by atoms with van der Waals surface area (Å²) in [4.78, 5) is 3.22. The molecule has 0 N–H and O–H groups in total. The molecular formula is C7H3BrF5NO. The molecule has 0 saturated carbocycles. The third kappa shape index (κ3) is 3.29. The van der Waals surface area contributed by atoms with Gasteiger partial charge in [0, 0.05) is 6.20 Å². The van der Waals surface area contributed by atoms with Crippen molar-refractivity contribution in [3.8, 4) is 5.75 Å². The van der Waals surface area contributed by atoms with Crippen molar-refractivity contribution in [2.24, 2.45) is 0 Å². The van der Waals surface area contributed by atoms with Gasteiger partial charge in [-0.25, -0.2) is 8.78 Å². The molecule has 8 heteroatoms. The zero-order chi connectivity index (χ0) is 11.6. The van der Waals surface area contributed by atoms with Gasteiger partial charge in [-0.1, -0.05) is 0 Å². The largest absolute Gasteiger partial charge is 0.573 e. The molecule has 1 aromatic heterocycles. The summed E-state index contributed by atoms with van der Waals surface area (Å²) >= 11 is 2.59. The normalized spacial score (nSPS) is 11.9. The number of pyridine rings is 1. The number of alkyl halides is 5.